The Bertz CT molecular complexity index is 474. The van der Waals surface area contributed by atoms with Crippen LogP contribution in [-0.2, 0) is 6.54 Å². The molecule has 16 heavy (non-hydrogen) atoms. The van der Waals surface area contributed by atoms with Crippen molar-refractivity contribution in [2.45, 2.75) is 6.54 Å². The van der Waals surface area contributed by atoms with E-state index in [2.05, 4.69) is 15.3 Å². The minimum absolute atomic E-state index is 0.116. The summed E-state index contributed by atoms with van der Waals surface area (Å²) >= 11 is 0. The fourth-order valence-electron chi connectivity index (χ4n) is 1.25. The van der Waals surface area contributed by atoms with Gasteiger partial charge in [0.05, 0.1) is 24.1 Å². The van der Waals surface area contributed by atoms with Crippen LogP contribution in [0.1, 0.15) is 5.69 Å². The second-order valence-corrected chi connectivity index (χ2v) is 3.15. The second kappa shape index (κ2) is 4.65. The predicted molar refractivity (Wildman–Crippen MR) is 55.7 cm³/mol. The minimum Gasteiger partial charge on any atom is -0.377 e. The Morgan fingerprint density at radius 1 is 1.19 bits per heavy atom. The third-order valence-electron chi connectivity index (χ3n) is 2.03. The van der Waals surface area contributed by atoms with Crippen molar-refractivity contribution in [2.75, 3.05) is 5.32 Å². The van der Waals surface area contributed by atoms with Gasteiger partial charge in [-0.05, 0) is 12.1 Å². The highest BCUT2D eigenvalue weighted by Gasteiger charge is 2.06. The first-order valence-corrected chi connectivity index (χ1v) is 4.70. The number of halogens is 2. The van der Waals surface area contributed by atoms with Crippen molar-refractivity contribution in [2.24, 2.45) is 0 Å². The Morgan fingerprint density at radius 3 is 2.81 bits per heavy atom. The molecule has 0 amide bonds. The van der Waals surface area contributed by atoms with E-state index in [9.17, 15) is 8.78 Å². The van der Waals surface area contributed by atoms with Crippen molar-refractivity contribution in [3.8, 4) is 0 Å². The Kier molecular flexibility index (Phi) is 3.05. The molecule has 0 bridgehead atoms. The lowest BCUT2D eigenvalue weighted by atomic mass is 10.3. The molecule has 0 aliphatic rings. The Balaban J connectivity index is 2.08. The summed E-state index contributed by atoms with van der Waals surface area (Å²) in [5.74, 6) is -1.75. The van der Waals surface area contributed by atoms with Crippen molar-refractivity contribution in [3.63, 3.8) is 0 Å². The zero-order valence-corrected chi connectivity index (χ0v) is 8.32. The van der Waals surface area contributed by atoms with Gasteiger partial charge in [-0.25, -0.2) is 8.78 Å². The van der Waals surface area contributed by atoms with Crippen LogP contribution in [0.5, 0.6) is 0 Å². The van der Waals surface area contributed by atoms with Crippen LogP contribution in [0.25, 0.3) is 0 Å². The SMILES string of the molecule is Fc1cccc(NCc2cnccn2)c1F. The number of aromatic nitrogens is 2. The summed E-state index contributed by atoms with van der Waals surface area (Å²) in [6.45, 7) is 0.300. The lowest BCUT2D eigenvalue weighted by Crippen LogP contribution is -2.04. The van der Waals surface area contributed by atoms with Gasteiger partial charge in [0.2, 0.25) is 0 Å². The van der Waals surface area contributed by atoms with Gasteiger partial charge in [0.25, 0.3) is 0 Å². The molecule has 0 unspecified atom stereocenters. The molecule has 0 radical (unpaired) electrons. The largest absolute Gasteiger partial charge is 0.377 e. The maximum atomic E-state index is 13.2. The van der Waals surface area contributed by atoms with Crippen LogP contribution in [0.4, 0.5) is 14.5 Å². The molecule has 0 fully saturated rings. The number of nitrogens with zero attached hydrogens (tertiary/aromatic N) is 2. The molecule has 0 atom stereocenters. The summed E-state index contributed by atoms with van der Waals surface area (Å²) < 4.78 is 26.1. The van der Waals surface area contributed by atoms with Crippen LogP contribution in [0, 0.1) is 11.6 Å². The second-order valence-electron chi connectivity index (χ2n) is 3.15. The molecule has 0 aliphatic heterocycles. The lowest BCUT2D eigenvalue weighted by molar-refractivity contribution is 0.511. The maximum Gasteiger partial charge on any atom is 0.181 e. The predicted octanol–water partition coefficient (Wildman–Crippen LogP) is 2.37. The molecule has 0 saturated heterocycles. The zero-order valence-electron chi connectivity index (χ0n) is 8.32. The molecule has 3 nitrogen and oxygen atoms in total. The van der Waals surface area contributed by atoms with Gasteiger partial charge in [-0.3, -0.25) is 9.97 Å². The van der Waals surface area contributed by atoms with E-state index < -0.39 is 11.6 Å². The third-order valence-corrected chi connectivity index (χ3v) is 2.03. The van der Waals surface area contributed by atoms with Crippen LogP contribution < -0.4 is 5.32 Å². The molecule has 0 aliphatic carbocycles. The molecular formula is C11H9F2N3. The van der Waals surface area contributed by atoms with Crippen LogP contribution in [-0.4, -0.2) is 9.97 Å². The van der Waals surface area contributed by atoms with Crippen molar-refractivity contribution in [1.29, 1.82) is 0 Å². The van der Waals surface area contributed by atoms with Gasteiger partial charge in [-0.1, -0.05) is 6.07 Å². The number of benzene rings is 1. The lowest BCUT2D eigenvalue weighted by Gasteiger charge is -2.06. The zero-order chi connectivity index (χ0) is 11.4. The first kappa shape index (κ1) is 10.5. The summed E-state index contributed by atoms with van der Waals surface area (Å²) in [5.41, 5.74) is 0.775. The minimum atomic E-state index is -0.883. The smallest absolute Gasteiger partial charge is 0.181 e. The molecule has 2 rings (SSSR count). The van der Waals surface area contributed by atoms with Crippen LogP contribution in [0.2, 0.25) is 0 Å². The van der Waals surface area contributed by atoms with E-state index in [0.717, 1.165) is 6.07 Å². The summed E-state index contributed by atoms with van der Waals surface area (Å²) in [6.07, 6.45) is 4.65. The van der Waals surface area contributed by atoms with Gasteiger partial charge in [0.1, 0.15) is 0 Å². The summed E-state index contributed by atoms with van der Waals surface area (Å²) in [6, 6.07) is 3.98. The monoisotopic (exact) mass is 221 g/mol. The molecule has 2 aromatic rings. The van der Waals surface area contributed by atoms with E-state index in [1.165, 1.54) is 12.1 Å². The molecule has 1 heterocycles. The van der Waals surface area contributed by atoms with Gasteiger partial charge in [0, 0.05) is 12.4 Å². The average molecular weight is 221 g/mol. The number of hydrogen-bond acceptors (Lipinski definition) is 3. The van der Waals surface area contributed by atoms with Gasteiger partial charge >= 0.3 is 0 Å². The highest BCUT2D eigenvalue weighted by Crippen LogP contribution is 2.16. The van der Waals surface area contributed by atoms with Crippen molar-refractivity contribution in [3.05, 3.63) is 54.1 Å². The van der Waals surface area contributed by atoms with Crippen LogP contribution >= 0.6 is 0 Å². The number of anilines is 1. The molecule has 1 aromatic heterocycles. The number of nitrogens with one attached hydrogen (secondary N) is 1. The molecule has 1 aromatic carbocycles. The molecular weight excluding hydrogens is 212 g/mol. The standard InChI is InChI=1S/C11H9F2N3/c12-9-2-1-3-10(11(9)13)16-7-8-6-14-4-5-15-8/h1-6,16H,7H2. The summed E-state index contributed by atoms with van der Waals surface area (Å²) in [4.78, 5) is 7.87. The van der Waals surface area contributed by atoms with Gasteiger partial charge in [-0.15, -0.1) is 0 Å². The average Bonchev–Trinajstić information content (AvgIpc) is 2.32. The molecule has 5 heteroatoms. The van der Waals surface area contributed by atoms with Gasteiger partial charge in [0.15, 0.2) is 11.6 Å². The van der Waals surface area contributed by atoms with E-state index in [-0.39, 0.29) is 5.69 Å². The first-order valence-electron chi connectivity index (χ1n) is 4.70. The highest BCUT2D eigenvalue weighted by molar-refractivity contribution is 5.45. The third kappa shape index (κ3) is 2.31. The van der Waals surface area contributed by atoms with Crippen molar-refractivity contribution in [1.82, 2.24) is 9.97 Å². The maximum absolute atomic E-state index is 13.2. The topological polar surface area (TPSA) is 37.8 Å². The normalized spacial score (nSPS) is 10.1. The summed E-state index contributed by atoms with van der Waals surface area (Å²) in [7, 11) is 0. The highest BCUT2D eigenvalue weighted by atomic mass is 19.2. The molecule has 0 spiro atoms. The fraction of sp³-hybridized carbons (Fsp3) is 0.0909. The van der Waals surface area contributed by atoms with Crippen molar-refractivity contribution >= 4 is 5.69 Å². The van der Waals surface area contributed by atoms with Crippen LogP contribution in [0.3, 0.4) is 0 Å². The summed E-state index contributed by atoms with van der Waals surface area (Å²) in [5, 5.41) is 2.75. The van der Waals surface area contributed by atoms with Gasteiger partial charge < -0.3 is 5.32 Å². The first-order chi connectivity index (χ1) is 7.77. The molecule has 1 N–H and O–H groups in total. The Hall–Kier alpha value is -2.04. The molecule has 0 saturated carbocycles. The Morgan fingerprint density at radius 2 is 2.06 bits per heavy atom. The van der Waals surface area contributed by atoms with Crippen molar-refractivity contribution < 1.29 is 8.78 Å². The van der Waals surface area contributed by atoms with Gasteiger partial charge in [-0.2, -0.15) is 0 Å². The fourth-order valence-corrected chi connectivity index (χ4v) is 1.25. The van der Waals surface area contributed by atoms with E-state index in [1.54, 1.807) is 18.6 Å². The number of hydrogen-bond donors (Lipinski definition) is 1. The van der Waals surface area contributed by atoms with E-state index in [1.807, 2.05) is 0 Å². The number of rotatable bonds is 3. The van der Waals surface area contributed by atoms with E-state index in [4.69, 9.17) is 0 Å². The van der Waals surface area contributed by atoms with Crippen LogP contribution in [0.15, 0.2) is 36.8 Å². The van der Waals surface area contributed by atoms with E-state index in [0.29, 0.717) is 12.2 Å². The quantitative estimate of drug-likeness (QED) is 0.864. The Labute approximate surface area is 91.2 Å². The van der Waals surface area contributed by atoms with E-state index >= 15 is 0 Å². The molecule has 82 valence electrons.